The maximum Gasteiger partial charge on any atom is 0.232 e. The van der Waals surface area contributed by atoms with Crippen LogP contribution < -0.4 is 4.90 Å². The standard InChI is InChI=1S/C23H30N6O2/c1-15-8-10-24-29(15)12-9-20(30)27-11-4-3-5-19(27)22-25-16(2)18-13-21(31)28(23(18)26-22)14-17-6-7-17/h8,10,17,19H,3-7,9,11-14H2,1-2H3/t19-/m1/s1. The molecule has 2 aliphatic heterocycles. The molecule has 1 saturated heterocycles. The van der Waals surface area contributed by atoms with Crippen LogP contribution in [-0.4, -0.2) is 49.6 Å². The molecule has 164 valence electrons. The van der Waals surface area contributed by atoms with E-state index >= 15 is 0 Å². The fraction of sp³-hybridized carbons (Fsp3) is 0.609. The van der Waals surface area contributed by atoms with E-state index in [1.807, 2.05) is 34.4 Å². The summed E-state index contributed by atoms with van der Waals surface area (Å²) in [7, 11) is 0. The molecule has 2 amide bonds. The van der Waals surface area contributed by atoms with Crippen LogP contribution >= 0.6 is 0 Å². The van der Waals surface area contributed by atoms with Crippen LogP contribution in [0.3, 0.4) is 0 Å². The number of aromatic nitrogens is 4. The first-order valence-electron chi connectivity index (χ1n) is 11.5. The predicted molar refractivity (Wildman–Crippen MR) is 115 cm³/mol. The Labute approximate surface area is 182 Å². The highest BCUT2D eigenvalue weighted by molar-refractivity contribution is 6.00. The van der Waals surface area contributed by atoms with Gasteiger partial charge >= 0.3 is 0 Å². The minimum atomic E-state index is -0.123. The summed E-state index contributed by atoms with van der Waals surface area (Å²) in [6, 6.07) is 1.83. The second-order valence-electron chi connectivity index (χ2n) is 9.14. The molecule has 8 nitrogen and oxygen atoms in total. The first kappa shape index (κ1) is 20.2. The number of carbonyl (C=O) groups excluding carboxylic acids is 2. The van der Waals surface area contributed by atoms with Crippen molar-refractivity contribution in [2.75, 3.05) is 18.0 Å². The van der Waals surface area contributed by atoms with Crippen molar-refractivity contribution in [3.8, 4) is 0 Å². The van der Waals surface area contributed by atoms with E-state index < -0.39 is 0 Å². The molecule has 0 spiro atoms. The Kier molecular flexibility index (Phi) is 5.24. The summed E-state index contributed by atoms with van der Waals surface area (Å²) in [5.74, 6) is 2.32. The van der Waals surface area contributed by atoms with Crippen molar-refractivity contribution >= 4 is 17.6 Å². The van der Waals surface area contributed by atoms with Crippen LogP contribution in [0, 0.1) is 19.8 Å². The van der Waals surface area contributed by atoms with Crippen molar-refractivity contribution in [2.45, 2.75) is 71.4 Å². The number of hydrogen-bond donors (Lipinski definition) is 0. The molecule has 8 heteroatoms. The summed E-state index contributed by atoms with van der Waals surface area (Å²) >= 11 is 0. The molecule has 2 aromatic rings. The Balaban J connectivity index is 1.38. The van der Waals surface area contributed by atoms with Crippen LogP contribution in [-0.2, 0) is 22.6 Å². The van der Waals surface area contributed by atoms with Gasteiger partial charge in [0.15, 0.2) is 5.82 Å². The number of aryl methyl sites for hydroxylation is 3. The minimum Gasteiger partial charge on any atom is -0.332 e. The van der Waals surface area contributed by atoms with Gasteiger partial charge in [0.1, 0.15) is 5.82 Å². The van der Waals surface area contributed by atoms with Gasteiger partial charge in [-0.15, -0.1) is 0 Å². The van der Waals surface area contributed by atoms with Crippen LogP contribution in [0.25, 0.3) is 0 Å². The number of piperidine rings is 1. The monoisotopic (exact) mass is 422 g/mol. The molecule has 0 radical (unpaired) electrons. The van der Waals surface area contributed by atoms with Gasteiger partial charge in [0.2, 0.25) is 11.8 Å². The normalized spacial score (nSPS) is 21.0. The molecule has 0 N–H and O–H groups in total. The fourth-order valence-electron chi connectivity index (χ4n) is 4.77. The summed E-state index contributed by atoms with van der Waals surface area (Å²) in [5.41, 5.74) is 2.88. The molecule has 2 fully saturated rings. The number of anilines is 1. The predicted octanol–water partition coefficient (Wildman–Crippen LogP) is 2.73. The number of hydrogen-bond acceptors (Lipinski definition) is 5. The van der Waals surface area contributed by atoms with Gasteiger partial charge in [0.05, 0.1) is 12.5 Å². The molecule has 1 atom stereocenters. The summed E-state index contributed by atoms with van der Waals surface area (Å²) in [6.45, 7) is 6.03. The van der Waals surface area contributed by atoms with E-state index in [1.54, 1.807) is 6.20 Å². The van der Waals surface area contributed by atoms with Gasteiger partial charge in [0, 0.05) is 49.2 Å². The van der Waals surface area contributed by atoms with Gasteiger partial charge in [-0.25, -0.2) is 9.97 Å². The van der Waals surface area contributed by atoms with Crippen molar-refractivity contribution in [1.82, 2.24) is 24.6 Å². The molecule has 0 bridgehead atoms. The first-order chi connectivity index (χ1) is 15.0. The molecule has 4 heterocycles. The van der Waals surface area contributed by atoms with E-state index in [0.29, 0.717) is 31.1 Å². The zero-order chi connectivity index (χ0) is 21.5. The topological polar surface area (TPSA) is 84.2 Å². The van der Waals surface area contributed by atoms with Gasteiger partial charge in [-0.3, -0.25) is 19.2 Å². The highest BCUT2D eigenvalue weighted by Gasteiger charge is 2.37. The molecule has 31 heavy (non-hydrogen) atoms. The first-order valence-corrected chi connectivity index (χ1v) is 11.5. The number of rotatable bonds is 6. The van der Waals surface area contributed by atoms with Crippen LogP contribution in [0.4, 0.5) is 5.82 Å². The zero-order valence-corrected chi connectivity index (χ0v) is 18.4. The highest BCUT2D eigenvalue weighted by atomic mass is 16.2. The Morgan fingerprint density at radius 1 is 1.16 bits per heavy atom. The molecule has 5 rings (SSSR count). The second kappa shape index (κ2) is 8.05. The number of likely N-dealkylation sites (tertiary alicyclic amines) is 1. The van der Waals surface area contributed by atoms with Gasteiger partial charge in [-0.2, -0.15) is 5.10 Å². The van der Waals surface area contributed by atoms with E-state index in [2.05, 4.69) is 5.10 Å². The molecule has 2 aromatic heterocycles. The third-order valence-corrected chi connectivity index (χ3v) is 6.82. The lowest BCUT2D eigenvalue weighted by atomic mass is 10.0. The largest absolute Gasteiger partial charge is 0.332 e. The van der Waals surface area contributed by atoms with E-state index in [0.717, 1.165) is 55.1 Å². The fourth-order valence-corrected chi connectivity index (χ4v) is 4.77. The quantitative estimate of drug-likeness (QED) is 0.715. The van der Waals surface area contributed by atoms with Gasteiger partial charge in [-0.1, -0.05) is 0 Å². The molecule has 3 aliphatic rings. The molecular weight excluding hydrogens is 392 g/mol. The van der Waals surface area contributed by atoms with Crippen LogP contribution in [0.2, 0.25) is 0 Å². The van der Waals surface area contributed by atoms with E-state index in [-0.39, 0.29) is 17.9 Å². The number of amides is 2. The summed E-state index contributed by atoms with van der Waals surface area (Å²) in [6.07, 6.45) is 7.87. The Morgan fingerprint density at radius 3 is 2.74 bits per heavy atom. The summed E-state index contributed by atoms with van der Waals surface area (Å²) < 4.78 is 1.87. The Hall–Kier alpha value is -2.77. The third-order valence-electron chi connectivity index (χ3n) is 6.82. The van der Waals surface area contributed by atoms with E-state index in [4.69, 9.17) is 9.97 Å². The van der Waals surface area contributed by atoms with Crippen molar-refractivity contribution in [3.05, 3.63) is 35.0 Å². The maximum atomic E-state index is 13.1. The van der Waals surface area contributed by atoms with Crippen molar-refractivity contribution in [2.24, 2.45) is 5.92 Å². The van der Waals surface area contributed by atoms with Crippen molar-refractivity contribution in [3.63, 3.8) is 0 Å². The molecule has 1 aliphatic carbocycles. The average Bonchev–Trinajstić information content (AvgIpc) is 3.41. The van der Waals surface area contributed by atoms with Crippen LogP contribution in [0.5, 0.6) is 0 Å². The lowest BCUT2D eigenvalue weighted by Gasteiger charge is -2.35. The average molecular weight is 423 g/mol. The zero-order valence-electron chi connectivity index (χ0n) is 18.4. The third kappa shape index (κ3) is 3.95. The van der Waals surface area contributed by atoms with Crippen LogP contribution in [0.15, 0.2) is 12.3 Å². The Morgan fingerprint density at radius 2 is 2.00 bits per heavy atom. The van der Waals surface area contributed by atoms with Crippen molar-refractivity contribution < 1.29 is 9.59 Å². The number of nitrogens with zero attached hydrogens (tertiary/aromatic N) is 6. The highest BCUT2D eigenvalue weighted by Crippen LogP contribution is 2.37. The molecule has 0 unspecified atom stereocenters. The van der Waals surface area contributed by atoms with Crippen molar-refractivity contribution in [1.29, 1.82) is 0 Å². The smallest absolute Gasteiger partial charge is 0.232 e. The lowest BCUT2D eigenvalue weighted by Crippen LogP contribution is -2.40. The number of fused-ring (bicyclic) bond motifs is 1. The van der Waals surface area contributed by atoms with Crippen LogP contribution in [0.1, 0.15) is 67.3 Å². The van der Waals surface area contributed by atoms with Gasteiger partial charge in [0.25, 0.3) is 0 Å². The van der Waals surface area contributed by atoms with Gasteiger partial charge in [-0.05, 0) is 57.9 Å². The molecular formula is C23H30N6O2. The summed E-state index contributed by atoms with van der Waals surface area (Å²) in [4.78, 5) is 39.2. The second-order valence-corrected chi connectivity index (χ2v) is 9.14. The maximum absolute atomic E-state index is 13.1. The van der Waals surface area contributed by atoms with E-state index in [9.17, 15) is 9.59 Å². The lowest BCUT2D eigenvalue weighted by molar-refractivity contribution is -0.135. The SMILES string of the molecule is Cc1nc([C@H]2CCCCN2C(=O)CCn2nccc2C)nc2c1CC(=O)N2CC1CC1. The van der Waals surface area contributed by atoms with E-state index in [1.165, 1.54) is 12.8 Å². The Bertz CT molecular complexity index is 1010. The van der Waals surface area contributed by atoms with Gasteiger partial charge < -0.3 is 4.90 Å². The minimum absolute atomic E-state index is 0.118. The molecule has 0 aromatic carbocycles. The summed E-state index contributed by atoms with van der Waals surface area (Å²) in [5, 5.41) is 4.29. The molecule has 1 saturated carbocycles. The number of carbonyl (C=O) groups is 2.